The average molecular weight is 243 g/mol. The lowest BCUT2D eigenvalue weighted by molar-refractivity contribution is 0.0964. The van der Waals surface area contributed by atoms with Gasteiger partial charge in [-0.2, -0.15) is 0 Å². The number of benzene rings is 1. The zero-order chi connectivity index (χ0) is 12.7. The van der Waals surface area contributed by atoms with Gasteiger partial charge in [0.05, 0.1) is 16.6 Å². The number of hydrogen-bond acceptors (Lipinski definition) is 2. The van der Waals surface area contributed by atoms with Crippen molar-refractivity contribution in [1.29, 1.82) is 0 Å². The highest BCUT2D eigenvalue weighted by molar-refractivity contribution is 6.05. The van der Waals surface area contributed by atoms with Crippen LogP contribution in [-0.4, -0.2) is 22.5 Å². The van der Waals surface area contributed by atoms with Gasteiger partial charge in [-0.25, -0.2) is 4.98 Å². The monoisotopic (exact) mass is 243 g/mol. The molecule has 1 aliphatic rings. The zero-order valence-electron chi connectivity index (χ0n) is 10.7. The molecule has 1 aliphatic carbocycles. The summed E-state index contributed by atoms with van der Waals surface area (Å²) < 4.78 is 2.26. The van der Waals surface area contributed by atoms with E-state index in [9.17, 15) is 4.79 Å². The standard InChI is InChI=1S/C14H17N3O/c1-3-12-16-11-6-4-5-10(14(18)15-2)13(11)17(12)9-7-8-9/h4-6,9H,3,7-8H2,1-2H3,(H,15,18). The second-order valence-electron chi connectivity index (χ2n) is 4.74. The predicted molar refractivity (Wildman–Crippen MR) is 70.8 cm³/mol. The number of imidazole rings is 1. The minimum atomic E-state index is -0.0370. The molecule has 1 fully saturated rings. The predicted octanol–water partition coefficient (Wildman–Crippen LogP) is 2.29. The Balaban J connectivity index is 2.30. The van der Waals surface area contributed by atoms with Crippen molar-refractivity contribution in [2.45, 2.75) is 32.2 Å². The minimum absolute atomic E-state index is 0.0370. The quantitative estimate of drug-likeness (QED) is 0.899. The number of fused-ring (bicyclic) bond motifs is 1. The normalized spacial score (nSPS) is 15.0. The zero-order valence-corrected chi connectivity index (χ0v) is 10.7. The number of nitrogens with one attached hydrogen (secondary N) is 1. The molecule has 1 amide bonds. The summed E-state index contributed by atoms with van der Waals surface area (Å²) in [6, 6.07) is 6.30. The van der Waals surface area contributed by atoms with Gasteiger partial charge >= 0.3 is 0 Å². The molecule has 3 rings (SSSR count). The van der Waals surface area contributed by atoms with Gasteiger partial charge in [0.1, 0.15) is 5.82 Å². The molecule has 1 N–H and O–H groups in total. The van der Waals surface area contributed by atoms with E-state index in [2.05, 4.69) is 21.8 Å². The molecule has 0 radical (unpaired) electrons. The van der Waals surface area contributed by atoms with Crippen LogP contribution in [0.4, 0.5) is 0 Å². The molecule has 0 saturated heterocycles. The Morgan fingerprint density at radius 3 is 2.89 bits per heavy atom. The highest BCUT2D eigenvalue weighted by atomic mass is 16.1. The molecule has 0 unspecified atom stereocenters. The number of carbonyl (C=O) groups is 1. The van der Waals surface area contributed by atoms with Crippen LogP contribution < -0.4 is 5.32 Å². The molecular formula is C14H17N3O. The molecule has 0 bridgehead atoms. The van der Waals surface area contributed by atoms with Crippen molar-refractivity contribution in [3.8, 4) is 0 Å². The van der Waals surface area contributed by atoms with Gasteiger partial charge in [-0.15, -0.1) is 0 Å². The fraction of sp³-hybridized carbons (Fsp3) is 0.429. The van der Waals surface area contributed by atoms with Crippen LogP contribution in [0.3, 0.4) is 0 Å². The van der Waals surface area contributed by atoms with Gasteiger partial charge < -0.3 is 9.88 Å². The van der Waals surface area contributed by atoms with E-state index < -0.39 is 0 Å². The van der Waals surface area contributed by atoms with Crippen LogP contribution in [0, 0.1) is 0 Å². The number of nitrogens with zero attached hydrogens (tertiary/aromatic N) is 2. The lowest BCUT2D eigenvalue weighted by Gasteiger charge is -2.09. The summed E-state index contributed by atoms with van der Waals surface area (Å²) >= 11 is 0. The molecule has 1 saturated carbocycles. The topological polar surface area (TPSA) is 46.9 Å². The first-order valence-corrected chi connectivity index (χ1v) is 6.48. The lowest BCUT2D eigenvalue weighted by Crippen LogP contribution is -2.19. The molecule has 1 aromatic carbocycles. The van der Waals surface area contributed by atoms with Gasteiger partial charge in [-0.1, -0.05) is 13.0 Å². The minimum Gasteiger partial charge on any atom is -0.355 e. The van der Waals surface area contributed by atoms with Gasteiger partial charge in [0.2, 0.25) is 0 Å². The summed E-state index contributed by atoms with van der Waals surface area (Å²) in [5.74, 6) is 1.05. The van der Waals surface area contributed by atoms with Gasteiger partial charge in [0.25, 0.3) is 5.91 Å². The first-order valence-electron chi connectivity index (χ1n) is 6.48. The van der Waals surface area contributed by atoms with Crippen LogP contribution >= 0.6 is 0 Å². The Bertz CT molecular complexity index is 611. The fourth-order valence-electron chi connectivity index (χ4n) is 2.49. The number of aromatic nitrogens is 2. The number of aryl methyl sites for hydroxylation is 1. The Morgan fingerprint density at radius 2 is 2.28 bits per heavy atom. The Labute approximate surface area is 106 Å². The van der Waals surface area contributed by atoms with Crippen molar-refractivity contribution >= 4 is 16.9 Å². The highest BCUT2D eigenvalue weighted by Crippen LogP contribution is 2.39. The van der Waals surface area contributed by atoms with E-state index in [1.165, 1.54) is 12.8 Å². The highest BCUT2D eigenvalue weighted by Gasteiger charge is 2.29. The number of rotatable bonds is 3. The Kier molecular flexibility index (Phi) is 2.58. The van der Waals surface area contributed by atoms with Gasteiger partial charge in [-0.05, 0) is 25.0 Å². The van der Waals surface area contributed by atoms with Crippen molar-refractivity contribution in [1.82, 2.24) is 14.9 Å². The van der Waals surface area contributed by atoms with Crippen molar-refractivity contribution in [3.05, 3.63) is 29.6 Å². The maximum atomic E-state index is 12.0. The number of carbonyl (C=O) groups excluding carboxylic acids is 1. The number of amides is 1. The van der Waals surface area contributed by atoms with E-state index >= 15 is 0 Å². The van der Waals surface area contributed by atoms with E-state index in [0.29, 0.717) is 6.04 Å². The first kappa shape index (κ1) is 11.3. The van der Waals surface area contributed by atoms with Crippen LogP contribution in [-0.2, 0) is 6.42 Å². The van der Waals surface area contributed by atoms with Crippen LogP contribution in [0.5, 0.6) is 0 Å². The van der Waals surface area contributed by atoms with E-state index in [1.807, 2.05) is 18.2 Å². The molecule has 18 heavy (non-hydrogen) atoms. The first-order chi connectivity index (χ1) is 8.76. The largest absolute Gasteiger partial charge is 0.355 e. The Morgan fingerprint density at radius 1 is 1.50 bits per heavy atom. The summed E-state index contributed by atoms with van der Waals surface area (Å²) in [5, 5.41) is 2.71. The third-order valence-corrected chi connectivity index (χ3v) is 3.48. The summed E-state index contributed by atoms with van der Waals surface area (Å²) in [6.07, 6.45) is 3.29. The summed E-state index contributed by atoms with van der Waals surface area (Å²) in [6.45, 7) is 2.11. The second kappa shape index (κ2) is 4.12. The van der Waals surface area contributed by atoms with Crippen molar-refractivity contribution in [3.63, 3.8) is 0 Å². The smallest absolute Gasteiger partial charge is 0.253 e. The molecular weight excluding hydrogens is 226 g/mol. The van der Waals surface area contributed by atoms with Crippen LogP contribution in [0.25, 0.3) is 11.0 Å². The molecule has 0 spiro atoms. The SMILES string of the molecule is CCc1nc2cccc(C(=O)NC)c2n1C1CC1. The third kappa shape index (κ3) is 1.60. The molecule has 4 heteroatoms. The van der Waals surface area contributed by atoms with E-state index in [0.717, 1.165) is 28.8 Å². The van der Waals surface area contributed by atoms with E-state index in [-0.39, 0.29) is 5.91 Å². The van der Waals surface area contributed by atoms with Gasteiger partial charge in [0.15, 0.2) is 0 Å². The number of hydrogen-bond donors (Lipinski definition) is 1. The van der Waals surface area contributed by atoms with Gasteiger partial charge in [0, 0.05) is 19.5 Å². The van der Waals surface area contributed by atoms with Crippen molar-refractivity contribution in [2.24, 2.45) is 0 Å². The Hall–Kier alpha value is -1.84. The van der Waals surface area contributed by atoms with E-state index in [4.69, 9.17) is 0 Å². The van der Waals surface area contributed by atoms with Crippen molar-refractivity contribution < 1.29 is 4.79 Å². The summed E-state index contributed by atoms with van der Waals surface area (Å²) in [5.41, 5.74) is 2.66. The summed E-state index contributed by atoms with van der Waals surface area (Å²) in [7, 11) is 1.67. The van der Waals surface area contributed by atoms with Crippen LogP contribution in [0.15, 0.2) is 18.2 Å². The van der Waals surface area contributed by atoms with Crippen LogP contribution in [0.2, 0.25) is 0 Å². The molecule has 1 heterocycles. The molecule has 1 aromatic heterocycles. The third-order valence-electron chi connectivity index (χ3n) is 3.48. The molecule has 4 nitrogen and oxygen atoms in total. The fourth-order valence-corrected chi connectivity index (χ4v) is 2.49. The summed E-state index contributed by atoms with van der Waals surface area (Å²) in [4.78, 5) is 16.6. The average Bonchev–Trinajstić information content (AvgIpc) is 3.17. The second-order valence-corrected chi connectivity index (χ2v) is 4.74. The molecule has 0 atom stereocenters. The van der Waals surface area contributed by atoms with Gasteiger partial charge in [-0.3, -0.25) is 4.79 Å². The number of para-hydroxylation sites is 1. The molecule has 94 valence electrons. The molecule has 0 aliphatic heterocycles. The molecule has 2 aromatic rings. The lowest BCUT2D eigenvalue weighted by atomic mass is 10.1. The van der Waals surface area contributed by atoms with Crippen molar-refractivity contribution in [2.75, 3.05) is 7.05 Å². The maximum Gasteiger partial charge on any atom is 0.253 e. The van der Waals surface area contributed by atoms with Crippen LogP contribution in [0.1, 0.15) is 42.0 Å². The van der Waals surface area contributed by atoms with E-state index in [1.54, 1.807) is 7.05 Å². The maximum absolute atomic E-state index is 12.0.